The van der Waals surface area contributed by atoms with Gasteiger partial charge in [0.05, 0.1) is 11.4 Å². The minimum absolute atomic E-state index is 0.0647. The summed E-state index contributed by atoms with van der Waals surface area (Å²) in [5.41, 5.74) is 5.74. The van der Waals surface area contributed by atoms with Crippen LogP contribution < -0.4 is 5.32 Å². The Balaban J connectivity index is 2.04. The molecule has 0 aliphatic heterocycles. The SMILES string of the molecule is CC(C)NC(=O)/C(C#N)=C/c1cc(-c2ccccc2)n(-c2ccc(Br)cc2)c1-c1ccccc1. The molecule has 3 aromatic carbocycles. The summed E-state index contributed by atoms with van der Waals surface area (Å²) in [5.74, 6) is -0.380. The molecule has 0 saturated heterocycles. The molecule has 0 unspecified atom stereocenters. The Kier molecular flexibility index (Phi) is 7.10. The van der Waals surface area contributed by atoms with Crippen molar-refractivity contribution in [1.82, 2.24) is 9.88 Å². The van der Waals surface area contributed by atoms with Crippen molar-refractivity contribution < 1.29 is 4.79 Å². The molecule has 1 heterocycles. The topological polar surface area (TPSA) is 57.8 Å². The van der Waals surface area contributed by atoms with Crippen LogP contribution in [0.1, 0.15) is 19.4 Å². The third-order valence-electron chi connectivity index (χ3n) is 5.32. The monoisotopic (exact) mass is 509 g/mol. The van der Waals surface area contributed by atoms with Gasteiger partial charge in [0.2, 0.25) is 0 Å². The average Bonchev–Trinajstić information content (AvgIpc) is 3.22. The molecule has 4 rings (SSSR count). The fourth-order valence-electron chi connectivity index (χ4n) is 3.86. The summed E-state index contributed by atoms with van der Waals surface area (Å²) in [6.07, 6.45) is 1.68. The average molecular weight is 510 g/mol. The van der Waals surface area contributed by atoms with E-state index in [4.69, 9.17) is 0 Å². The molecule has 0 aliphatic rings. The van der Waals surface area contributed by atoms with E-state index in [0.29, 0.717) is 0 Å². The molecule has 0 spiro atoms. The summed E-state index contributed by atoms with van der Waals surface area (Å²) in [6.45, 7) is 3.75. The Morgan fingerprint density at radius 2 is 1.53 bits per heavy atom. The number of rotatable bonds is 6. The Morgan fingerprint density at radius 1 is 0.941 bits per heavy atom. The number of benzene rings is 3. The summed E-state index contributed by atoms with van der Waals surface area (Å²) >= 11 is 3.53. The van der Waals surface area contributed by atoms with Gasteiger partial charge in [-0.1, -0.05) is 76.6 Å². The third-order valence-corrected chi connectivity index (χ3v) is 5.85. The molecule has 1 N–H and O–H groups in total. The van der Waals surface area contributed by atoms with Gasteiger partial charge in [-0.2, -0.15) is 5.26 Å². The predicted octanol–water partition coefficient (Wildman–Crippen LogP) is 7.01. The normalized spacial score (nSPS) is 11.3. The van der Waals surface area contributed by atoms with Gasteiger partial charge in [-0.3, -0.25) is 4.79 Å². The number of nitrogens with one attached hydrogen (secondary N) is 1. The fraction of sp³-hybridized carbons (Fsp3) is 0.103. The molecule has 34 heavy (non-hydrogen) atoms. The molecule has 0 saturated carbocycles. The maximum atomic E-state index is 12.7. The van der Waals surface area contributed by atoms with Crippen LogP contribution in [0.3, 0.4) is 0 Å². The molecule has 5 heteroatoms. The van der Waals surface area contributed by atoms with Crippen molar-refractivity contribution in [3.63, 3.8) is 0 Å². The molecule has 1 aromatic heterocycles. The number of halogens is 1. The summed E-state index contributed by atoms with van der Waals surface area (Å²) < 4.78 is 3.17. The van der Waals surface area contributed by atoms with E-state index >= 15 is 0 Å². The Hall–Kier alpha value is -3.88. The van der Waals surface area contributed by atoms with Gasteiger partial charge in [0.25, 0.3) is 5.91 Å². The Morgan fingerprint density at radius 3 is 2.09 bits per heavy atom. The minimum Gasteiger partial charge on any atom is -0.349 e. The lowest BCUT2D eigenvalue weighted by atomic mass is 10.0. The first-order valence-corrected chi connectivity index (χ1v) is 11.8. The molecule has 1 amide bonds. The molecule has 0 aliphatic carbocycles. The summed E-state index contributed by atoms with van der Waals surface area (Å²) in [5, 5.41) is 12.6. The smallest absolute Gasteiger partial charge is 0.262 e. The van der Waals surface area contributed by atoms with E-state index in [-0.39, 0.29) is 17.5 Å². The largest absolute Gasteiger partial charge is 0.349 e. The fourth-order valence-corrected chi connectivity index (χ4v) is 4.12. The third kappa shape index (κ3) is 5.03. The summed E-state index contributed by atoms with van der Waals surface area (Å²) in [7, 11) is 0. The van der Waals surface area contributed by atoms with Crippen LogP contribution in [0.5, 0.6) is 0 Å². The molecular weight excluding hydrogens is 486 g/mol. The van der Waals surface area contributed by atoms with E-state index in [1.165, 1.54) is 0 Å². The molecule has 4 nitrogen and oxygen atoms in total. The minimum atomic E-state index is -0.380. The van der Waals surface area contributed by atoms with Crippen molar-refractivity contribution in [3.05, 3.63) is 107 Å². The first kappa shape index (κ1) is 23.3. The second kappa shape index (κ2) is 10.4. The van der Waals surface area contributed by atoms with Crippen LogP contribution in [0.2, 0.25) is 0 Å². The first-order valence-electron chi connectivity index (χ1n) is 11.0. The van der Waals surface area contributed by atoms with Crippen molar-refractivity contribution in [2.24, 2.45) is 0 Å². The van der Waals surface area contributed by atoms with Gasteiger partial charge >= 0.3 is 0 Å². The van der Waals surface area contributed by atoms with E-state index in [1.54, 1.807) is 6.08 Å². The van der Waals surface area contributed by atoms with Crippen molar-refractivity contribution in [2.45, 2.75) is 19.9 Å². The van der Waals surface area contributed by atoms with Crippen LogP contribution in [-0.2, 0) is 4.79 Å². The van der Waals surface area contributed by atoms with Crippen LogP contribution in [-0.4, -0.2) is 16.5 Å². The standard InChI is InChI=1S/C29H24BrN3O/c1-20(2)32-29(34)24(19-31)17-23-18-27(21-9-5-3-6-10-21)33(26-15-13-25(30)14-16-26)28(23)22-11-7-4-8-12-22/h3-18,20H,1-2H3,(H,32,34)/b24-17+. The number of amides is 1. The lowest BCUT2D eigenvalue weighted by Crippen LogP contribution is -2.30. The van der Waals surface area contributed by atoms with E-state index in [1.807, 2.05) is 92.7 Å². The van der Waals surface area contributed by atoms with Crippen molar-refractivity contribution in [2.75, 3.05) is 0 Å². The van der Waals surface area contributed by atoms with Crippen LogP contribution in [0.25, 0.3) is 34.3 Å². The number of aromatic nitrogens is 1. The number of nitrogens with zero attached hydrogens (tertiary/aromatic N) is 2. The highest BCUT2D eigenvalue weighted by Gasteiger charge is 2.20. The van der Waals surface area contributed by atoms with Crippen molar-refractivity contribution >= 4 is 27.9 Å². The number of nitriles is 1. The molecule has 0 atom stereocenters. The van der Waals surface area contributed by atoms with Crippen LogP contribution in [0, 0.1) is 11.3 Å². The van der Waals surface area contributed by atoms with Gasteiger partial charge in [0.15, 0.2) is 0 Å². The van der Waals surface area contributed by atoms with E-state index in [2.05, 4.69) is 44.0 Å². The lowest BCUT2D eigenvalue weighted by Gasteiger charge is -2.15. The van der Waals surface area contributed by atoms with Gasteiger partial charge < -0.3 is 9.88 Å². The summed E-state index contributed by atoms with van der Waals surface area (Å²) in [4.78, 5) is 12.7. The highest BCUT2D eigenvalue weighted by atomic mass is 79.9. The van der Waals surface area contributed by atoms with Crippen LogP contribution in [0.15, 0.2) is 101 Å². The highest BCUT2D eigenvalue weighted by molar-refractivity contribution is 9.10. The second-order valence-electron chi connectivity index (χ2n) is 8.18. The molecule has 0 bridgehead atoms. The summed E-state index contributed by atoms with van der Waals surface area (Å²) in [6, 6.07) is 32.3. The molecule has 4 aromatic rings. The first-order chi connectivity index (χ1) is 16.5. The maximum absolute atomic E-state index is 12.7. The number of hydrogen-bond donors (Lipinski definition) is 1. The highest BCUT2D eigenvalue weighted by Crippen LogP contribution is 2.37. The van der Waals surface area contributed by atoms with E-state index < -0.39 is 0 Å². The predicted molar refractivity (Wildman–Crippen MR) is 141 cm³/mol. The van der Waals surface area contributed by atoms with E-state index in [9.17, 15) is 10.1 Å². The number of hydrogen-bond acceptors (Lipinski definition) is 2. The Bertz CT molecular complexity index is 1360. The van der Waals surface area contributed by atoms with E-state index in [0.717, 1.165) is 38.2 Å². The van der Waals surface area contributed by atoms with Gasteiger partial charge in [0.1, 0.15) is 11.6 Å². The maximum Gasteiger partial charge on any atom is 0.262 e. The van der Waals surface area contributed by atoms with Gasteiger partial charge in [-0.05, 0) is 61.4 Å². The van der Waals surface area contributed by atoms with Crippen molar-refractivity contribution in [1.29, 1.82) is 5.26 Å². The molecule has 0 radical (unpaired) electrons. The number of carbonyl (C=O) groups is 1. The van der Waals surface area contributed by atoms with Gasteiger partial charge in [-0.25, -0.2) is 0 Å². The zero-order valence-corrected chi connectivity index (χ0v) is 20.6. The van der Waals surface area contributed by atoms with Crippen LogP contribution >= 0.6 is 15.9 Å². The molecule has 0 fully saturated rings. The van der Waals surface area contributed by atoms with Gasteiger partial charge in [0, 0.05) is 21.8 Å². The molecular formula is C29H24BrN3O. The zero-order chi connectivity index (χ0) is 24.1. The quantitative estimate of drug-likeness (QED) is 0.224. The Labute approximate surface area is 208 Å². The van der Waals surface area contributed by atoms with Crippen LogP contribution in [0.4, 0.5) is 0 Å². The lowest BCUT2D eigenvalue weighted by molar-refractivity contribution is -0.117. The van der Waals surface area contributed by atoms with Gasteiger partial charge in [-0.15, -0.1) is 0 Å². The zero-order valence-electron chi connectivity index (χ0n) is 19.0. The number of carbonyl (C=O) groups excluding carboxylic acids is 1. The molecule has 168 valence electrons. The second-order valence-corrected chi connectivity index (χ2v) is 9.09. The van der Waals surface area contributed by atoms with Crippen molar-refractivity contribution in [3.8, 4) is 34.3 Å².